The highest BCUT2D eigenvalue weighted by atomic mass is 16.7. The summed E-state index contributed by atoms with van der Waals surface area (Å²) < 4.78 is 22.9. The molecule has 14 nitrogen and oxygen atoms in total. The molecule has 526 valence electrons. The Labute approximate surface area is 553 Å². The third-order valence-electron chi connectivity index (χ3n) is 17.5. The van der Waals surface area contributed by atoms with Crippen LogP contribution in [0.3, 0.4) is 0 Å². The molecule has 0 aromatic carbocycles. The number of carbonyl (C=O) groups is 1. The Hall–Kier alpha value is -3.09. The molecule has 2 rings (SSSR count). The Morgan fingerprint density at radius 3 is 1.16 bits per heavy atom. The van der Waals surface area contributed by atoms with E-state index < -0.39 is 86.8 Å². The van der Waals surface area contributed by atoms with Gasteiger partial charge in [-0.2, -0.15) is 0 Å². The Balaban J connectivity index is 1.68. The van der Waals surface area contributed by atoms with Gasteiger partial charge in [-0.15, -0.1) is 0 Å². The van der Waals surface area contributed by atoms with E-state index >= 15 is 0 Å². The minimum absolute atomic E-state index is 0.236. The Morgan fingerprint density at radius 2 is 0.758 bits per heavy atom. The van der Waals surface area contributed by atoms with Gasteiger partial charge in [0.2, 0.25) is 5.91 Å². The first-order chi connectivity index (χ1) is 44.6. The maximum absolute atomic E-state index is 13.3. The molecule has 2 aliphatic rings. The van der Waals surface area contributed by atoms with Crippen LogP contribution in [0.1, 0.15) is 290 Å². The second-order valence-corrected chi connectivity index (χ2v) is 25.7. The molecule has 0 aromatic rings. The van der Waals surface area contributed by atoms with Crippen molar-refractivity contribution >= 4 is 5.91 Å². The smallest absolute Gasteiger partial charge is 0.220 e. The van der Waals surface area contributed by atoms with Crippen LogP contribution in [0.15, 0.2) is 97.2 Å². The van der Waals surface area contributed by atoms with Crippen LogP contribution >= 0.6 is 0 Å². The first kappa shape index (κ1) is 84.0. The number of hydrogen-bond donors (Lipinski definition) is 9. The summed E-state index contributed by atoms with van der Waals surface area (Å²) in [7, 11) is 0. The molecule has 0 saturated carbocycles. The summed E-state index contributed by atoms with van der Waals surface area (Å²) in [6.45, 7) is 2.69. The number of unbranched alkanes of at least 4 members (excludes halogenated alkanes) is 33. The van der Waals surface area contributed by atoms with Gasteiger partial charge in [-0.1, -0.05) is 304 Å². The molecule has 9 N–H and O–H groups in total. The zero-order valence-electron chi connectivity index (χ0n) is 57.3. The predicted molar refractivity (Wildman–Crippen MR) is 373 cm³/mol. The van der Waals surface area contributed by atoms with E-state index in [0.29, 0.717) is 6.42 Å². The lowest BCUT2D eigenvalue weighted by Gasteiger charge is -2.46. The summed E-state index contributed by atoms with van der Waals surface area (Å²) in [6.07, 6.45) is 69.0. The van der Waals surface area contributed by atoms with Crippen LogP contribution < -0.4 is 5.32 Å². The van der Waals surface area contributed by atoms with Gasteiger partial charge in [0.25, 0.3) is 0 Å². The molecule has 0 spiro atoms. The van der Waals surface area contributed by atoms with E-state index in [9.17, 15) is 45.6 Å². The van der Waals surface area contributed by atoms with Crippen molar-refractivity contribution in [2.45, 2.75) is 364 Å². The molecule has 1 amide bonds. The van der Waals surface area contributed by atoms with Gasteiger partial charge in [0, 0.05) is 6.42 Å². The Kier molecular flexibility index (Phi) is 55.9. The van der Waals surface area contributed by atoms with Crippen molar-refractivity contribution in [2.75, 3.05) is 19.8 Å². The predicted octanol–water partition coefficient (Wildman–Crippen LogP) is 15.7. The fraction of sp³-hybridized carbons (Fsp3) is 0.779. The van der Waals surface area contributed by atoms with Gasteiger partial charge in [0.15, 0.2) is 12.6 Å². The second-order valence-electron chi connectivity index (χ2n) is 25.7. The van der Waals surface area contributed by atoms with Gasteiger partial charge >= 0.3 is 0 Å². The lowest BCUT2D eigenvalue weighted by molar-refractivity contribution is -0.359. The fourth-order valence-corrected chi connectivity index (χ4v) is 11.7. The highest BCUT2D eigenvalue weighted by molar-refractivity contribution is 5.76. The Morgan fingerprint density at radius 1 is 0.407 bits per heavy atom. The summed E-state index contributed by atoms with van der Waals surface area (Å²) in [6, 6.07) is -0.942. The number of amides is 1. The van der Waals surface area contributed by atoms with Crippen LogP contribution in [0.5, 0.6) is 0 Å². The number of ether oxygens (including phenoxy) is 4. The molecule has 2 fully saturated rings. The molecule has 2 aliphatic heterocycles. The number of aliphatic hydroxyl groups is 8. The van der Waals surface area contributed by atoms with Crippen molar-refractivity contribution in [3.63, 3.8) is 0 Å². The molecule has 0 aliphatic carbocycles. The van der Waals surface area contributed by atoms with Crippen LogP contribution in [-0.2, 0) is 23.7 Å². The lowest BCUT2D eigenvalue weighted by atomic mass is 9.97. The molecular weight excluding hydrogens is 1150 g/mol. The van der Waals surface area contributed by atoms with E-state index in [4.69, 9.17) is 18.9 Å². The van der Waals surface area contributed by atoms with Crippen LogP contribution in [0, 0.1) is 0 Å². The minimum atomic E-state index is -1.80. The maximum atomic E-state index is 13.3. The number of nitrogens with one attached hydrogen (secondary N) is 1. The van der Waals surface area contributed by atoms with E-state index in [1.165, 1.54) is 180 Å². The van der Waals surface area contributed by atoms with Crippen molar-refractivity contribution in [1.29, 1.82) is 0 Å². The molecule has 12 unspecified atom stereocenters. The monoisotopic (exact) mass is 1280 g/mol. The average Bonchev–Trinajstić information content (AvgIpc) is 1.15. The van der Waals surface area contributed by atoms with Gasteiger partial charge in [-0.05, 0) is 77.0 Å². The van der Waals surface area contributed by atoms with Gasteiger partial charge in [0.1, 0.15) is 48.8 Å². The van der Waals surface area contributed by atoms with Crippen LogP contribution in [0.2, 0.25) is 0 Å². The molecular formula is C77H135NO13. The molecule has 2 saturated heterocycles. The van der Waals surface area contributed by atoms with E-state index in [1.807, 2.05) is 6.08 Å². The van der Waals surface area contributed by atoms with Crippen molar-refractivity contribution in [3.8, 4) is 0 Å². The van der Waals surface area contributed by atoms with Crippen molar-refractivity contribution in [1.82, 2.24) is 5.32 Å². The number of aliphatic hydroxyl groups excluding tert-OH is 8. The molecule has 2 heterocycles. The third-order valence-corrected chi connectivity index (χ3v) is 17.5. The van der Waals surface area contributed by atoms with Gasteiger partial charge < -0.3 is 65.1 Å². The Bertz CT molecular complexity index is 1900. The molecule has 0 radical (unpaired) electrons. The summed E-state index contributed by atoms with van der Waals surface area (Å²) in [5.41, 5.74) is 0. The highest BCUT2D eigenvalue weighted by Gasteiger charge is 2.51. The molecule has 0 bridgehead atoms. The summed E-state index contributed by atoms with van der Waals surface area (Å²) in [4.78, 5) is 13.3. The van der Waals surface area contributed by atoms with Crippen molar-refractivity contribution in [3.05, 3.63) is 97.2 Å². The number of rotatable bonds is 60. The fourth-order valence-electron chi connectivity index (χ4n) is 11.7. The molecule has 12 atom stereocenters. The van der Waals surface area contributed by atoms with Crippen molar-refractivity contribution < 1.29 is 64.6 Å². The first-order valence-corrected chi connectivity index (χ1v) is 37.0. The van der Waals surface area contributed by atoms with Crippen LogP contribution in [-0.4, -0.2) is 140 Å². The van der Waals surface area contributed by atoms with Crippen LogP contribution in [0.25, 0.3) is 0 Å². The van der Waals surface area contributed by atoms with Gasteiger partial charge in [-0.25, -0.2) is 0 Å². The van der Waals surface area contributed by atoms with E-state index in [1.54, 1.807) is 6.08 Å². The zero-order valence-corrected chi connectivity index (χ0v) is 57.3. The average molecular weight is 1280 g/mol. The quantitative estimate of drug-likeness (QED) is 0.0204. The van der Waals surface area contributed by atoms with Crippen molar-refractivity contribution in [2.24, 2.45) is 0 Å². The number of hydrogen-bond acceptors (Lipinski definition) is 13. The SMILES string of the molecule is CC/C=C\C/C=C\C/C=C\C/C=C\C/C=C\C/C=C\C/C=C\CCCCCC(=O)NC(COC1OC(CO)C(OC2OC(CO)C(O)C(O)C2O)C(O)C1O)C(O)/C=C/CCCCCCCCCCCCCCCCCCCCCCCCCCCCCCCC. The maximum Gasteiger partial charge on any atom is 0.220 e. The lowest BCUT2D eigenvalue weighted by Crippen LogP contribution is -2.65. The van der Waals surface area contributed by atoms with Gasteiger partial charge in [-0.3, -0.25) is 4.79 Å². The zero-order chi connectivity index (χ0) is 65.9. The minimum Gasteiger partial charge on any atom is -0.394 e. The summed E-state index contributed by atoms with van der Waals surface area (Å²) in [5, 5.41) is 87.5. The highest BCUT2D eigenvalue weighted by Crippen LogP contribution is 2.30. The van der Waals surface area contributed by atoms with Crippen LogP contribution in [0.4, 0.5) is 0 Å². The van der Waals surface area contributed by atoms with E-state index in [2.05, 4.69) is 104 Å². The summed E-state index contributed by atoms with van der Waals surface area (Å²) >= 11 is 0. The van der Waals surface area contributed by atoms with E-state index in [-0.39, 0.29) is 18.9 Å². The molecule has 91 heavy (non-hydrogen) atoms. The topological polar surface area (TPSA) is 228 Å². The normalized spacial score (nSPS) is 23.4. The summed E-state index contributed by atoms with van der Waals surface area (Å²) in [5.74, 6) is -0.272. The number of carbonyl (C=O) groups excluding carboxylic acids is 1. The molecule has 14 heteroatoms. The molecule has 0 aromatic heterocycles. The van der Waals surface area contributed by atoms with E-state index in [0.717, 1.165) is 83.5 Å². The first-order valence-electron chi connectivity index (χ1n) is 37.0. The largest absolute Gasteiger partial charge is 0.394 e. The second kappa shape index (κ2) is 60.6. The standard InChI is InChI=1S/C77H135NO13/c1-3-5-7-9-11-13-15-17-19-21-23-25-27-29-30-31-32-33-34-35-37-38-40-42-44-46-48-50-52-54-56-58-60-66(81)65(64-88-76-74(87)72(85)75(68(63-80)90-76)91-77-73(86)71(84)70(83)67(62-79)89-77)78-69(82)61-59-57-55-53-51-49-47-45-43-41-39-36-28-26-24-22-20-18-16-14-12-10-8-6-4-2/h6,8,12,14,18,20,24,26,36,39,43,45,49,51,58,60,65-68,70-77,79-81,83-87H,3-5,7,9-11,13,15-17,19,21-23,25,27-35,37-38,40-42,44,46-48,50,52-57,59,61-64H2,1-2H3,(H,78,82)/b8-6-,14-12-,20-18-,26-24-,39-36-,45-43-,51-49-,60-58+. The third kappa shape index (κ3) is 44.3. The number of allylic oxidation sites excluding steroid dienone is 15. The van der Waals surface area contributed by atoms with Gasteiger partial charge in [0.05, 0.1) is 32.0 Å².